The molecule has 1 aromatic heterocycles. The number of carbonyl (C=O) groups is 2. The van der Waals surface area contributed by atoms with Crippen molar-refractivity contribution < 1.29 is 14.3 Å². The maximum atomic E-state index is 12.9. The van der Waals surface area contributed by atoms with Gasteiger partial charge in [-0.05, 0) is 24.8 Å². The maximum Gasteiger partial charge on any atom is 0.354 e. The number of esters is 1. The standard InChI is InChI=1S/C19H21NO3/c1-23-19(22)16-12-15(18(21)14-10-6-3-7-11-14)17(20-16)13-8-4-2-5-9-13/h3,6-7,10-13,20H,2,4-5,8-9H2,1H3. The second-order valence-corrected chi connectivity index (χ2v) is 6.03. The molecule has 0 amide bonds. The highest BCUT2D eigenvalue weighted by molar-refractivity contribution is 6.11. The van der Waals surface area contributed by atoms with E-state index in [4.69, 9.17) is 4.74 Å². The van der Waals surface area contributed by atoms with Gasteiger partial charge < -0.3 is 9.72 Å². The number of hydrogen-bond acceptors (Lipinski definition) is 3. The topological polar surface area (TPSA) is 59.2 Å². The number of hydrogen-bond donors (Lipinski definition) is 1. The van der Waals surface area contributed by atoms with E-state index in [9.17, 15) is 9.59 Å². The molecule has 0 atom stereocenters. The first kappa shape index (κ1) is 15.5. The monoisotopic (exact) mass is 311 g/mol. The number of ketones is 1. The van der Waals surface area contributed by atoms with Crippen LogP contribution in [0.25, 0.3) is 0 Å². The number of methoxy groups -OCH3 is 1. The molecule has 0 saturated heterocycles. The van der Waals surface area contributed by atoms with Gasteiger partial charge in [0.25, 0.3) is 0 Å². The van der Waals surface area contributed by atoms with Crippen LogP contribution >= 0.6 is 0 Å². The maximum absolute atomic E-state index is 12.9. The van der Waals surface area contributed by atoms with Crippen LogP contribution in [0.5, 0.6) is 0 Å². The zero-order valence-corrected chi connectivity index (χ0v) is 13.3. The Balaban J connectivity index is 2.01. The van der Waals surface area contributed by atoms with Crippen molar-refractivity contribution in [3.05, 3.63) is 58.9 Å². The summed E-state index contributed by atoms with van der Waals surface area (Å²) in [6.07, 6.45) is 5.67. The van der Waals surface area contributed by atoms with Gasteiger partial charge in [0, 0.05) is 16.8 Å². The van der Waals surface area contributed by atoms with Crippen LogP contribution in [0.3, 0.4) is 0 Å². The van der Waals surface area contributed by atoms with E-state index < -0.39 is 5.97 Å². The number of carbonyl (C=O) groups excluding carboxylic acids is 2. The fourth-order valence-corrected chi connectivity index (χ4v) is 3.34. The highest BCUT2D eigenvalue weighted by Crippen LogP contribution is 2.35. The first-order valence-corrected chi connectivity index (χ1v) is 8.11. The molecule has 23 heavy (non-hydrogen) atoms. The van der Waals surface area contributed by atoms with Crippen LogP contribution in [-0.2, 0) is 4.74 Å². The Bertz CT molecular complexity index is 697. The summed E-state index contributed by atoms with van der Waals surface area (Å²) in [6, 6.07) is 10.8. The quantitative estimate of drug-likeness (QED) is 0.683. The Kier molecular flexibility index (Phi) is 4.60. The normalized spacial score (nSPS) is 15.3. The Morgan fingerprint density at radius 1 is 1.09 bits per heavy atom. The van der Waals surface area contributed by atoms with Crippen molar-refractivity contribution in [2.75, 3.05) is 7.11 Å². The number of ether oxygens (including phenoxy) is 1. The summed E-state index contributed by atoms with van der Waals surface area (Å²) >= 11 is 0. The lowest BCUT2D eigenvalue weighted by molar-refractivity contribution is 0.0594. The summed E-state index contributed by atoms with van der Waals surface area (Å²) in [5.41, 5.74) is 2.48. The summed E-state index contributed by atoms with van der Waals surface area (Å²) in [4.78, 5) is 27.9. The molecule has 120 valence electrons. The molecule has 2 aromatic rings. The molecule has 0 bridgehead atoms. The first-order chi connectivity index (χ1) is 11.2. The van der Waals surface area contributed by atoms with Gasteiger partial charge in [-0.3, -0.25) is 4.79 Å². The third-order valence-electron chi connectivity index (χ3n) is 4.55. The van der Waals surface area contributed by atoms with Crippen LogP contribution in [0, 0.1) is 0 Å². The minimum Gasteiger partial charge on any atom is -0.464 e. The molecule has 1 aliphatic rings. The van der Waals surface area contributed by atoms with Crippen molar-refractivity contribution in [2.24, 2.45) is 0 Å². The van der Waals surface area contributed by atoms with Gasteiger partial charge >= 0.3 is 5.97 Å². The van der Waals surface area contributed by atoms with E-state index in [2.05, 4.69) is 4.98 Å². The van der Waals surface area contributed by atoms with Crippen LogP contribution < -0.4 is 0 Å². The average Bonchev–Trinajstić information content (AvgIpc) is 3.07. The lowest BCUT2D eigenvalue weighted by atomic mass is 9.84. The highest BCUT2D eigenvalue weighted by Gasteiger charge is 2.26. The molecule has 1 saturated carbocycles. The van der Waals surface area contributed by atoms with Gasteiger partial charge in [-0.25, -0.2) is 4.79 Å². The number of benzene rings is 1. The van der Waals surface area contributed by atoms with E-state index in [-0.39, 0.29) is 5.78 Å². The minimum atomic E-state index is -0.436. The van der Waals surface area contributed by atoms with Crippen molar-refractivity contribution in [1.29, 1.82) is 0 Å². The average molecular weight is 311 g/mol. The van der Waals surface area contributed by atoms with Crippen molar-refractivity contribution in [2.45, 2.75) is 38.0 Å². The third-order valence-corrected chi connectivity index (χ3v) is 4.55. The smallest absolute Gasteiger partial charge is 0.354 e. The zero-order valence-electron chi connectivity index (χ0n) is 13.3. The third kappa shape index (κ3) is 3.21. The van der Waals surface area contributed by atoms with Gasteiger partial charge in [-0.1, -0.05) is 49.6 Å². The fraction of sp³-hybridized carbons (Fsp3) is 0.368. The molecule has 0 unspecified atom stereocenters. The molecular formula is C19H21NO3. The molecule has 0 aliphatic heterocycles. The summed E-state index contributed by atoms with van der Waals surface area (Å²) < 4.78 is 4.80. The van der Waals surface area contributed by atoms with Gasteiger partial charge in [-0.2, -0.15) is 0 Å². The Hall–Kier alpha value is -2.36. The van der Waals surface area contributed by atoms with E-state index >= 15 is 0 Å². The number of aromatic amines is 1. The number of H-pyrrole nitrogens is 1. The fourth-order valence-electron chi connectivity index (χ4n) is 3.34. The van der Waals surface area contributed by atoms with Crippen molar-refractivity contribution >= 4 is 11.8 Å². The lowest BCUT2D eigenvalue weighted by Crippen LogP contribution is -2.11. The molecule has 1 aliphatic carbocycles. The Labute approximate surface area is 135 Å². The summed E-state index contributed by atoms with van der Waals surface area (Å²) in [5.74, 6) is -0.170. The van der Waals surface area contributed by atoms with Crippen LogP contribution in [-0.4, -0.2) is 23.8 Å². The first-order valence-electron chi connectivity index (χ1n) is 8.11. The molecule has 4 heteroatoms. The molecule has 0 radical (unpaired) electrons. The molecule has 4 nitrogen and oxygen atoms in total. The van der Waals surface area contributed by atoms with Crippen molar-refractivity contribution in [3.8, 4) is 0 Å². The predicted octanol–water partition coefficient (Wildman–Crippen LogP) is 4.08. The minimum absolute atomic E-state index is 0.0439. The number of aromatic nitrogens is 1. The van der Waals surface area contributed by atoms with Crippen LogP contribution in [0.4, 0.5) is 0 Å². The van der Waals surface area contributed by atoms with E-state index in [1.165, 1.54) is 13.5 Å². The van der Waals surface area contributed by atoms with Gasteiger partial charge in [0.05, 0.1) is 7.11 Å². The summed E-state index contributed by atoms with van der Waals surface area (Å²) in [6.45, 7) is 0. The second kappa shape index (κ2) is 6.82. The van der Waals surface area contributed by atoms with Crippen molar-refractivity contribution in [3.63, 3.8) is 0 Å². The van der Waals surface area contributed by atoms with E-state index in [0.717, 1.165) is 31.4 Å². The molecule has 0 spiro atoms. The Morgan fingerprint density at radius 3 is 2.43 bits per heavy atom. The predicted molar refractivity (Wildman–Crippen MR) is 87.8 cm³/mol. The molecule has 3 rings (SSSR count). The van der Waals surface area contributed by atoms with Crippen LogP contribution in [0.2, 0.25) is 0 Å². The zero-order chi connectivity index (χ0) is 16.2. The van der Waals surface area contributed by atoms with Gasteiger partial charge in [0.1, 0.15) is 5.69 Å². The SMILES string of the molecule is COC(=O)c1cc(C(=O)c2ccccc2)c(C2CCCCC2)[nH]1. The van der Waals surface area contributed by atoms with Crippen molar-refractivity contribution in [1.82, 2.24) is 4.98 Å². The summed E-state index contributed by atoms with van der Waals surface area (Å²) in [5, 5.41) is 0. The van der Waals surface area contributed by atoms with E-state index in [1.54, 1.807) is 18.2 Å². The van der Waals surface area contributed by atoms with E-state index in [0.29, 0.717) is 22.7 Å². The molecule has 1 fully saturated rings. The Morgan fingerprint density at radius 2 is 1.78 bits per heavy atom. The molecular weight excluding hydrogens is 290 g/mol. The van der Waals surface area contributed by atoms with Gasteiger partial charge in [0.2, 0.25) is 0 Å². The molecule has 1 heterocycles. The van der Waals surface area contributed by atoms with Crippen LogP contribution in [0.15, 0.2) is 36.4 Å². The lowest BCUT2D eigenvalue weighted by Gasteiger charge is -2.21. The van der Waals surface area contributed by atoms with Crippen LogP contribution in [0.1, 0.15) is 70.1 Å². The van der Waals surface area contributed by atoms with Gasteiger partial charge in [-0.15, -0.1) is 0 Å². The van der Waals surface area contributed by atoms with Gasteiger partial charge in [0.15, 0.2) is 5.78 Å². The second-order valence-electron chi connectivity index (χ2n) is 6.03. The summed E-state index contributed by atoms with van der Waals surface area (Å²) in [7, 11) is 1.35. The number of nitrogens with one attached hydrogen (secondary N) is 1. The molecule has 1 N–H and O–H groups in total. The number of rotatable bonds is 4. The molecule has 1 aromatic carbocycles. The van der Waals surface area contributed by atoms with E-state index in [1.807, 2.05) is 18.2 Å². The highest BCUT2D eigenvalue weighted by atomic mass is 16.5. The largest absolute Gasteiger partial charge is 0.464 e.